The van der Waals surface area contributed by atoms with Crippen LogP contribution in [0.4, 0.5) is 4.79 Å². The molecule has 0 aliphatic carbocycles. The van der Waals surface area contributed by atoms with Crippen LogP contribution in [0.1, 0.15) is 34.2 Å². The van der Waals surface area contributed by atoms with Crippen molar-refractivity contribution in [3.05, 3.63) is 101 Å². The predicted octanol–water partition coefficient (Wildman–Crippen LogP) is 3.24. The lowest BCUT2D eigenvalue weighted by atomic mass is 10.1. The molecule has 0 aliphatic heterocycles. The second-order valence-electron chi connectivity index (χ2n) is 9.59. The van der Waals surface area contributed by atoms with Crippen LogP contribution in [0.25, 0.3) is 11.0 Å². The summed E-state index contributed by atoms with van der Waals surface area (Å²) in [5, 5.41) is 14.3. The van der Waals surface area contributed by atoms with Gasteiger partial charge in [-0.15, -0.1) is 0 Å². The van der Waals surface area contributed by atoms with E-state index in [0.717, 1.165) is 22.2 Å². The lowest BCUT2D eigenvalue weighted by Gasteiger charge is -2.22. The number of benzene rings is 3. The first-order chi connectivity index (χ1) is 20.8. The summed E-state index contributed by atoms with van der Waals surface area (Å²) in [6.45, 7) is 2.25. The molecule has 3 amide bonds. The predicted molar refractivity (Wildman–Crippen MR) is 157 cm³/mol. The van der Waals surface area contributed by atoms with Crippen LogP contribution in [0, 0.1) is 0 Å². The van der Waals surface area contributed by atoms with E-state index in [4.69, 9.17) is 9.47 Å². The number of fused-ring (bicyclic) bond motifs is 1. The topological polar surface area (TPSA) is 163 Å². The van der Waals surface area contributed by atoms with E-state index >= 15 is 0 Å². The standard InChI is InChI=1S/C31H33N5O7/c1-2-42-20-28(37)36(18-27-33-24-10-6-7-11-25(24)34-27)17-21-12-14-23(15-13-21)29(38)32-16-26(30(39)40)35-31(41)43-19-22-8-4-3-5-9-22/h3-15,26H,2,16-20H2,1H3,(H,32,38)(H,33,34)(H,35,41)(H,39,40). The molecule has 1 aromatic heterocycles. The maximum Gasteiger partial charge on any atom is 0.408 e. The van der Waals surface area contributed by atoms with E-state index in [0.29, 0.717) is 12.4 Å². The summed E-state index contributed by atoms with van der Waals surface area (Å²) in [4.78, 5) is 58.7. The second-order valence-corrected chi connectivity index (χ2v) is 9.59. The largest absolute Gasteiger partial charge is 0.480 e. The van der Waals surface area contributed by atoms with Crippen molar-refractivity contribution in [1.82, 2.24) is 25.5 Å². The van der Waals surface area contributed by atoms with Crippen LogP contribution >= 0.6 is 0 Å². The molecule has 12 heteroatoms. The molecule has 0 bridgehead atoms. The van der Waals surface area contributed by atoms with Gasteiger partial charge in [0.15, 0.2) is 0 Å². The van der Waals surface area contributed by atoms with E-state index in [1.807, 2.05) is 37.3 Å². The molecular weight excluding hydrogens is 554 g/mol. The van der Waals surface area contributed by atoms with Crippen LogP contribution in [-0.4, -0.2) is 69.7 Å². The Hall–Kier alpha value is -5.23. The Kier molecular flexibility index (Phi) is 10.8. The average Bonchev–Trinajstić information content (AvgIpc) is 3.43. The summed E-state index contributed by atoms with van der Waals surface area (Å²) < 4.78 is 10.4. The number of carboxylic acids is 1. The molecule has 0 saturated heterocycles. The van der Waals surface area contributed by atoms with Gasteiger partial charge in [-0.3, -0.25) is 9.59 Å². The van der Waals surface area contributed by atoms with E-state index in [9.17, 15) is 24.3 Å². The summed E-state index contributed by atoms with van der Waals surface area (Å²) in [6, 6.07) is 21.7. The zero-order chi connectivity index (χ0) is 30.6. The molecule has 1 unspecified atom stereocenters. The van der Waals surface area contributed by atoms with Gasteiger partial charge in [0.1, 0.15) is 25.1 Å². The van der Waals surface area contributed by atoms with Crippen molar-refractivity contribution in [3.8, 4) is 0 Å². The summed E-state index contributed by atoms with van der Waals surface area (Å²) in [5.74, 6) is -1.43. The zero-order valence-corrected chi connectivity index (χ0v) is 23.6. The molecule has 0 spiro atoms. The molecule has 43 heavy (non-hydrogen) atoms. The summed E-state index contributed by atoms with van der Waals surface area (Å²) in [6.07, 6.45) is -0.916. The molecular formula is C31H33N5O7. The Morgan fingerprint density at radius 2 is 1.65 bits per heavy atom. The number of rotatable bonds is 14. The number of carboxylic acid groups (broad SMARTS) is 1. The number of amides is 3. The van der Waals surface area contributed by atoms with Gasteiger partial charge < -0.3 is 35.1 Å². The maximum atomic E-state index is 12.9. The molecule has 3 aromatic carbocycles. The number of para-hydroxylation sites is 2. The SMILES string of the molecule is CCOCC(=O)N(Cc1ccc(C(=O)NCC(NC(=O)OCc2ccccc2)C(=O)O)cc1)Cc1nc2ccccc2[nH]1. The third kappa shape index (κ3) is 9.13. The van der Waals surface area contributed by atoms with E-state index in [1.54, 1.807) is 53.4 Å². The molecule has 224 valence electrons. The summed E-state index contributed by atoms with van der Waals surface area (Å²) in [5.41, 5.74) is 3.47. The highest BCUT2D eigenvalue weighted by Crippen LogP contribution is 2.15. The van der Waals surface area contributed by atoms with Crippen LogP contribution in [0.5, 0.6) is 0 Å². The zero-order valence-electron chi connectivity index (χ0n) is 23.6. The van der Waals surface area contributed by atoms with Crippen molar-refractivity contribution in [1.29, 1.82) is 0 Å². The average molecular weight is 588 g/mol. The molecule has 12 nitrogen and oxygen atoms in total. The van der Waals surface area contributed by atoms with Crippen LogP contribution in [0.15, 0.2) is 78.9 Å². The summed E-state index contributed by atoms with van der Waals surface area (Å²) >= 11 is 0. The molecule has 1 atom stereocenters. The van der Waals surface area contributed by atoms with Gasteiger partial charge in [0.25, 0.3) is 5.91 Å². The number of alkyl carbamates (subject to hydrolysis) is 1. The van der Waals surface area contributed by atoms with Gasteiger partial charge in [-0.25, -0.2) is 14.6 Å². The third-order valence-corrected chi connectivity index (χ3v) is 6.42. The fourth-order valence-corrected chi connectivity index (χ4v) is 4.16. The van der Waals surface area contributed by atoms with Crippen molar-refractivity contribution in [3.63, 3.8) is 0 Å². The van der Waals surface area contributed by atoms with Gasteiger partial charge in [0, 0.05) is 25.3 Å². The quantitative estimate of drug-likeness (QED) is 0.175. The Balaban J connectivity index is 1.33. The van der Waals surface area contributed by atoms with E-state index in [-0.39, 0.29) is 44.3 Å². The Morgan fingerprint density at radius 3 is 2.35 bits per heavy atom. The number of carbonyl (C=O) groups is 4. The van der Waals surface area contributed by atoms with Gasteiger partial charge in [0.05, 0.1) is 17.6 Å². The first-order valence-corrected chi connectivity index (χ1v) is 13.7. The van der Waals surface area contributed by atoms with Gasteiger partial charge in [-0.2, -0.15) is 0 Å². The highest BCUT2D eigenvalue weighted by molar-refractivity contribution is 5.94. The van der Waals surface area contributed by atoms with Gasteiger partial charge >= 0.3 is 12.1 Å². The Labute approximate surface area is 248 Å². The molecule has 1 heterocycles. The third-order valence-electron chi connectivity index (χ3n) is 6.42. The number of ether oxygens (including phenoxy) is 2. The van der Waals surface area contributed by atoms with Gasteiger partial charge in [-0.1, -0.05) is 54.6 Å². The minimum Gasteiger partial charge on any atom is -0.480 e. The number of nitrogens with one attached hydrogen (secondary N) is 3. The molecule has 0 fully saturated rings. The van der Waals surface area contributed by atoms with Crippen molar-refractivity contribution in [2.24, 2.45) is 0 Å². The smallest absolute Gasteiger partial charge is 0.408 e. The number of hydrogen-bond acceptors (Lipinski definition) is 7. The van der Waals surface area contributed by atoms with Crippen LogP contribution in [0.2, 0.25) is 0 Å². The molecule has 4 aromatic rings. The number of aliphatic carboxylic acids is 1. The van der Waals surface area contributed by atoms with Gasteiger partial charge in [0.2, 0.25) is 5.91 Å². The lowest BCUT2D eigenvalue weighted by Crippen LogP contribution is -2.48. The fraction of sp³-hybridized carbons (Fsp3) is 0.258. The molecule has 4 N–H and O–H groups in total. The molecule has 0 radical (unpaired) electrons. The monoisotopic (exact) mass is 587 g/mol. The summed E-state index contributed by atoms with van der Waals surface area (Å²) in [7, 11) is 0. The number of hydrogen-bond donors (Lipinski definition) is 4. The van der Waals surface area contributed by atoms with Crippen molar-refractivity contribution >= 4 is 34.9 Å². The first-order valence-electron chi connectivity index (χ1n) is 13.7. The van der Waals surface area contributed by atoms with E-state index < -0.39 is 24.0 Å². The Bertz CT molecular complexity index is 1510. The number of nitrogens with zero attached hydrogens (tertiary/aromatic N) is 2. The van der Waals surface area contributed by atoms with Crippen LogP contribution in [0.3, 0.4) is 0 Å². The van der Waals surface area contributed by atoms with E-state index in [2.05, 4.69) is 20.6 Å². The van der Waals surface area contributed by atoms with Crippen molar-refractivity contribution in [2.75, 3.05) is 19.8 Å². The van der Waals surface area contributed by atoms with Gasteiger partial charge in [-0.05, 0) is 42.3 Å². The van der Waals surface area contributed by atoms with Crippen molar-refractivity contribution < 1.29 is 33.8 Å². The van der Waals surface area contributed by atoms with Crippen LogP contribution < -0.4 is 10.6 Å². The highest BCUT2D eigenvalue weighted by atomic mass is 16.5. The minimum absolute atomic E-state index is 0.0232. The van der Waals surface area contributed by atoms with Crippen LogP contribution in [-0.2, 0) is 38.8 Å². The highest BCUT2D eigenvalue weighted by Gasteiger charge is 2.22. The lowest BCUT2D eigenvalue weighted by molar-refractivity contribution is -0.139. The number of carbonyl (C=O) groups excluding carboxylic acids is 3. The maximum absolute atomic E-state index is 12.9. The number of H-pyrrole nitrogens is 1. The fourth-order valence-electron chi connectivity index (χ4n) is 4.16. The number of aromatic nitrogens is 2. The van der Waals surface area contributed by atoms with Crippen molar-refractivity contribution in [2.45, 2.75) is 32.7 Å². The molecule has 0 aliphatic rings. The second kappa shape index (κ2) is 15.1. The minimum atomic E-state index is -1.39. The van der Waals surface area contributed by atoms with E-state index in [1.165, 1.54) is 0 Å². The number of aromatic amines is 1. The molecule has 0 saturated carbocycles. The molecule has 4 rings (SSSR count). The Morgan fingerprint density at radius 1 is 0.930 bits per heavy atom. The normalized spacial score (nSPS) is 11.5. The number of imidazole rings is 1. The first kappa shape index (κ1) is 30.7.